The Kier molecular flexibility index (Phi) is 5.56. The SMILES string of the molecule is CC(=O)N1N=C(c2ccccc2NS(=O)(=O)c2ccccc2)C[C@@H]1c1cccc(F)c1. The van der Waals surface area contributed by atoms with Gasteiger partial charge >= 0.3 is 0 Å². The van der Waals surface area contributed by atoms with Crippen LogP contribution in [0.2, 0.25) is 0 Å². The standard InChI is InChI=1S/C23H20FN3O3S/c1-16(28)27-23(17-8-7-9-18(24)14-17)15-22(25-27)20-12-5-6-13-21(20)26-31(29,30)19-10-3-2-4-11-19/h2-14,23,26H,15H2,1H3/t23-/m1/s1. The van der Waals surface area contributed by atoms with Gasteiger partial charge in [0.05, 0.1) is 22.3 Å². The van der Waals surface area contributed by atoms with Crippen molar-refractivity contribution in [1.29, 1.82) is 0 Å². The van der Waals surface area contributed by atoms with Crippen LogP contribution in [-0.2, 0) is 14.8 Å². The Morgan fingerprint density at radius 3 is 2.45 bits per heavy atom. The molecule has 1 aliphatic heterocycles. The molecular weight excluding hydrogens is 417 g/mol. The van der Waals surface area contributed by atoms with Crippen LogP contribution in [0.5, 0.6) is 0 Å². The maximum Gasteiger partial charge on any atom is 0.261 e. The minimum Gasteiger partial charge on any atom is -0.279 e. The molecule has 1 amide bonds. The van der Waals surface area contributed by atoms with E-state index in [-0.39, 0.29) is 10.8 Å². The second-order valence-corrected chi connectivity index (χ2v) is 8.83. The Hall–Kier alpha value is -3.52. The Morgan fingerprint density at radius 2 is 1.74 bits per heavy atom. The normalized spacial score (nSPS) is 16.1. The monoisotopic (exact) mass is 437 g/mol. The van der Waals surface area contributed by atoms with E-state index < -0.39 is 21.9 Å². The van der Waals surface area contributed by atoms with Crippen molar-refractivity contribution in [2.24, 2.45) is 5.10 Å². The Bertz CT molecular complexity index is 1260. The molecule has 0 fully saturated rings. The number of hydrazone groups is 1. The number of para-hydroxylation sites is 1. The molecule has 1 heterocycles. The lowest BCUT2D eigenvalue weighted by molar-refractivity contribution is -0.130. The van der Waals surface area contributed by atoms with Gasteiger partial charge in [0.15, 0.2) is 0 Å². The molecule has 158 valence electrons. The van der Waals surface area contributed by atoms with E-state index in [0.29, 0.717) is 28.9 Å². The van der Waals surface area contributed by atoms with Gasteiger partial charge in [0.2, 0.25) is 5.91 Å². The van der Waals surface area contributed by atoms with Crippen LogP contribution >= 0.6 is 0 Å². The van der Waals surface area contributed by atoms with Crippen molar-refractivity contribution in [2.75, 3.05) is 4.72 Å². The van der Waals surface area contributed by atoms with Crippen LogP contribution in [0.4, 0.5) is 10.1 Å². The van der Waals surface area contributed by atoms with Gasteiger partial charge in [0, 0.05) is 18.9 Å². The van der Waals surface area contributed by atoms with Gasteiger partial charge in [0.1, 0.15) is 5.82 Å². The average molecular weight is 437 g/mol. The van der Waals surface area contributed by atoms with Gasteiger partial charge in [-0.3, -0.25) is 9.52 Å². The highest BCUT2D eigenvalue weighted by atomic mass is 32.2. The van der Waals surface area contributed by atoms with E-state index in [1.807, 2.05) is 0 Å². The molecule has 1 aliphatic rings. The number of nitrogens with one attached hydrogen (secondary N) is 1. The number of halogens is 1. The molecule has 0 aliphatic carbocycles. The number of nitrogens with zero attached hydrogens (tertiary/aromatic N) is 2. The van der Waals surface area contributed by atoms with Crippen molar-refractivity contribution in [1.82, 2.24) is 5.01 Å². The molecule has 31 heavy (non-hydrogen) atoms. The molecule has 3 aromatic carbocycles. The molecule has 0 aromatic heterocycles. The van der Waals surface area contributed by atoms with E-state index in [1.54, 1.807) is 54.6 Å². The van der Waals surface area contributed by atoms with E-state index >= 15 is 0 Å². The smallest absolute Gasteiger partial charge is 0.261 e. The Balaban J connectivity index is 1.69. The van der Waals surface area contributed by atoms with Gasteiger partial charge in [-0.15, -0.1) is 0 Å². The fraction of sp³-hybridized carbons (Fsp3) is 0.130. The van der Waals surface area contributed by atoms with Crippen LogP contribution in [0.15, 0.2) is 88.9 Å². The highest BCUT2D eigenvalue weighted by molar-refractivity contribution is 7.92. The van der Waals surface area contributed by atoms with Gasteiger partial charge in [-0.2, -0.15) is 5.10 Å². The number of amides is 1. The molecule has 0 saturated heterocycles. The van der Waals surface area contributed by atoms with Crippen molar-refractivity contribution >= 4 is 27.3 Å². The summed E-state index contributed by atoms with van der Waals surface area (Å²) < 4.78 is 42.0. The zero-order chi connectivity index (χ0) is 22.0. The second kappa shape index (κ2) is 8.31. The summed E-state index contributed by atoms with van der Waals surface area (Å²) in [6.45, 7) is 1.39. The summed E-state index contributed by atoms with van der Waals surface area (Å²) in [5.41, 5.74) is 2.08. The summed E-state index contributed by atoms with van der Waals surface area (Å²) in [5, 5.41) is 5.76. The summed E-state index contributed by atoms with van der Waals surface area (Å²) in [4.78, 5) is 12.3. The van der Waals surface area contributed by atoms with E-state index in [2.05, 4.69) is 9.82 Å². The third kappa shape index (κ3) is 4.34. The predicted molar refractivity (Wildman–Crippen MR) is 117 cm³/mol. The fourth-order valence-electron chi connectivity index (χ4n) is 3.56. The zero-order valence-electron chi connectivity index (χ0n) is 16.7. The number of hydrogen-bond donors (Lipinski definition) is 1. The first-order valence-electron chi connectivity index (χ1n) is 9.65. The van der Waals surface area contributed by atoms with E-state index in [4.69, 9.17) is 0 Å². The van der Waals surface area contributed by atoms with Crippen LogP contribution in [0, 0.1) is 5.82 Å². The quantitative estimate of drug-likeness (QED) is 0.646. The van der Waals surface area contributed by atoms with Crippen molar-refractivity contribution < 1.29 is 17.6 Å². The number of carbonyl (C=O) groups is 1. The zero-order valence-corrected chi connectivity index (χ0v) is 17.5. The second-order valence-electron chi connectivity index (χ2n) is 7.15. The van der Waals surface area contributed by atoms with Crippen molar-refractivity contribution in [3.63, 3.8) is 0 Å². The fourth-order valence-corrected chi connectivity index (χ4v) is 4.66. The molecule has 0 spiro atoms. The topological polar surface area (TPSA) is 78.8 Å². The molecule has 4 rings (SSSR count). The van der Waals surface area contributed by atoms with Crippen LogP contribution < -0.4 is 4.72 Å². The summed E-state index contributed by atoms with van der Waals surface area (Å²) in [6, 6.07) is 20.5. The van der Waals surface area contributed by atoms with Crippen molar-refractivity contribution in [2.45, 2.75) is 24.3 Å². The number of benzene rings is 3. The van der Waals surface area contributed by atoms with Crippen LogP contribution in [-0.4, -0.2) is 25.0 Å². The van der Waals surface area contributed by atoms with Gasteiger partial charge in [-0.25, -0.2) is 17.8 Å². The Labute approximate surface area is 180 Å². The first-order chi connectivity index (χ1) is 14.8. The maximum atomic E-state index is 13.8. The summed E-state index contributed by atoms with van der Waals surface area (Å²) in [6.07, 6.45) is 0.326. The molecule has 8 heteroatoms. The average Bonchev–Trinajstić information content (AvgIpc) is 3.20. The van der Waals surface area contributed by atoms with Gasteiger partial charge in [0.25, 0.3) is 10.0 Å². The third-order valence-electron chi connectivity index (χ3n) is 5.00. The van der Waals surface area contributed by atoms with E-state index in [9.17, 15) is 17.6 Å². The first kappa shape index (κ1) is 20.7. The molecule has 0 bridgehead atoms. The summed E-state index contributed by atoms with van der Waals surface area (Å²) in [5.74, 6) is -0.683. The maximum absolute atomic E-state index is 13.8. The summed E-state index contributed by atoms with van der Waals surface area (Å²) >= 11 is 0. The number of hydrogen-bond acceptors (Lipinski definition) is 4. The van der Waals surface area contributed by atoms with Crippen molar-refractivity contribution in [3.05, 3.63) is 95.8 Å². The van der Waals surface area contributed by atoms with E-state index in [1.165, 1.54) is 36.2 Å². The lowest BCUT2D eigenvalue weighted by Crippen LogP contribution is -2.24. The van der Waals surface area contributed by atoms with Crippen LogP contribution in [0.25, 0.3) is 0 Å². The van der Waals surface area contributed by atoms with Gasteiger partial charge in [-0.05, 0) is 35.9 Å². The largest absolute Gasteiger partial charge is 0.279 e. The third-order valence-corrected chi connectivity index (χ3v) is 6.38. The van der Waals surface area contributed by atoms with Crippen molar-refractivity contribution in [3.8, 4) is 0 Å². The minimum atomic E-state index is -3.80. The summed E-state index contributed by atoms with van der Waals surface area (Å²) in [7, 11) is -3.80. The molecule has 1 atom stereocenters. The van der Waals surface area contributed by atoms with Gasteiger partial charge < -0.3 is 0 Å². The lowest BCUT2D eigenvalue weighted by Gasteiger charge is -2.20. The first-order valence-corrected chi connectivity index (χ1v) is 11.1. The molecule has 3 aromatic rings. The highest BCUT2D eigenvalue weighted by Gasteiger charge is 2.32. The lowest BCUT2D eigenvalue weighted by atomic mass is 9.97. The number of carbonyl (C=O) groups excluding carboxylic acids is 1. The molecule has 0 radical (unpaired) electrons. The number of sulfonamides is 1. The molecule has 0 saturated carbocycles. The molecule has 1 N–H and O–H groups in total. The minimum absolute atomic E-state index is 0.140. The molecule has 6 nitrogen and oxygen atoms in total. The molecular formula is C23H20FN3O3S. The Morgan fingerprint density at radius 1 is 1.03 bits per heavy atom. The van der Waals surface area contributed by atoms with Crippen LogP contribution in [0.3, 0.4) is 0 Å². The highest BCUT2D eigenvalue weighted by Crippen LogP contribution is 2.35. The number of rotatable bonds is 5. The number of anilines is 1. The van der Waals surface area contributed by atoms with Crippen LogP contribution in [0.1, 0.15) is 30.5 Å². The molecule has 0 unspecified atom stereocenters. The van der Waals surface area contributed by atoms with E-state index in [0.717, 1.165) is 0 Å². The van der Waals surface area contributed by atoms with Gasteiger partial charge in [-0.1, -0.05) is 48.5 Å². The predicted octanol–water partition coefficient (Wildman–Crippen LogP) is 4.32.